The molecule has 2 atom stereocenters. The Kier molecular flexibility index (Phi) is 7.44. The number of carbonyl (C=O) groups is 2. The van der Waals surface area contributed by atoms with Crippen LogP contribution < -0.4 is 4.72 Å². The van der Waals surface area contributed by atoms with Gasteiger partial charge in [-0.3, -0.25) is 9.59 Å². The van der Waals surface area contributed by atoms with Crippen molar-refractivity contribution in [2.45, 2.75) is 57.4 Å². The van der Waals surface area contributed by atoms with Crippen LogP contribution in [0.2, 0.25) is 0 Å². The molecule has 4 aliphatic rings. The molecule has 40 heavy (non-hydrogen) atoms. The number of allylic oxidation sites excluding steroid dienone is 5. The first-order valence-electron chi connectivity index (χ1n) is 14.5. The summed E-state index contributed by atoms with van der Waals surface area (Å²) < 4.78 is 34.2. The molecule has 2 aliphatic heterocycles. The minimum atomic E-state index is -3.70. The van der Waals surface area contributed by atoms with Gasteiger partial charge in [-0.25, -0.2) is 13.1 Å². The number of nitrogens with zero attached hydrogens (tertiary/aromatic N) is 2. The lowest BCUT2D eigenvalue weighted by Crippen LogP contribution is -2.42. The van der Waals surface area contributed by atoms with Crippen LogP contribution in [0.25, 0.3) is 10.9 Å². The van der Waals surface area contributed by atoms with E-state index in [0.717, 1.165) is 29.3 Å². The summed E-state index contributed by atoms with van der Waals surface area (Å²) in [6, 6.07) is 5.53. The number of benzene rings is 1. The number of hydrogen-bond donors (Lipinski definition) is 1. The Bertz CT molecular complexity index is 1520. The standard InChI is InChI=1S/C31H37N3O5S/c1-2-40(37,38)32-30(35)23-12-13-26-27(19-23)34-20-24(31(36)33-14-16-39-17-15-33)18-22-10-6-7-11-25(22)29(34)28(26)21-8-4-3-5-9-21/h6-7,10-13,18-19,21-22,25H,2-5,8-9,14-17,20H2,1H3,(H,32,35). The monoisotopic (exact) mass is 563 g/mol. The van der Waals surface area contributed by atoms with Crippen molar-refractivity contribution in [3.63, 3.8) is 0 Å². The number of hydrogen-bond acceptors (Lipinski definition) is 5. The van der Waals surface area contributed by atoms with Crippen molar-refractivity contribution in [2.75, 3.05) is 32.1 Å². The normalized spacial score (nSPS) is 23.3. The van der Waals surface area contributed by atoms with Gasteiger partial charge in [-0.05, 0) is 43.4 Å². The molecule has 2 aliphatic carbocycles. The Morgan fingerprint density at radius 1 is 1.05 bits per heavy atom. The molecule has 1 N–H and O–H groups in total. The predicted octanol–water partition coefficient (Wildman–Crippen LogP) is 4.39. The third kappa shape index (κ3) is 5.05. The predicted molar refractivity (Wildman–Crippen MR) is 155 cm³/mol. The first kappa shape index (κ1) is 27.0. The van der Waals surface area contributed by atoms with Crippen molar-refractivity contribution in [1.82, 2.24) is 14.2 Å². The highest BCUT2D eigenvalue weighted by Gasteiger charge is 2.36. The van der Waals surface area contributed by atoms with Crippen LogP contribution in [-0.2, 0) is 26.1 Å². The molecule has 0 spiro atoms. The van der Waals surface area contributed by atoms with Crippen molar-refractivity contribution in [3.8, 4) is 0 Å². The molecule has 9 heteroatoms. The maximum absolute atomic E-state index is 13.8. The van der Waals surface area contributed by atoms with E-state index in [4.69, 9.17) is 4.74 Å². The smallest absolute Gasteiger partial charge is 0.264 e. The van der Waals surface area contributed by atoms with E-state index in [0.29, 0.717) is 44.3 Å². The quantitative estimate of drug-likeness (QED) is 0.582. The molecule has 8 nitrogen and oxygen atoms in total. The average Bonchev–Trinajstić information content (AvgIpc) is 3.19. The molecule has 1 aromatic heterocycles. The highest BCUT2D eigenvalue weighted by Crippen LogP contribution is 2.47. The summed E-state index contributed by atoms with van der Waals surface area (Å²) in [5.41, 5.74) is 4.45. The van der Waals surface area contributed by atoms with E-state index in [-0.39, 0.29) is 23.5 Å². The highest BCUT2D eigenvalue weighted by molar-refractivity contribution is 7.90. The molecule has 3 heterocycles. The summed E-state index contributed by atoms with van der Waals surface area (Å²) >= 11 is 0. The van der Waals surface area contributed by atoms with Crippen LogP contribution >= 0.6 is 0 Å². The molecule has 1 saturated heterocycles. The van der Waals surface area contributed by atoms with Gasteiger partial charge in [0.25, 0.3) is 11.8 Å². The van der Waals surface area contributed by atoms with Crippen LogP contribution in [0.1, 0.15) is 72.5 Å². The van der Waals surface area contributed by atoms with Gasteiger partial charge in [0.1, 0.15) is 0 Å². The van der Waals surface area contributed by atoms with Crippen LogP contribution in [0.15, 0.2) is 54.2 Å². The molecule has 2 fully saturated rings. The van der Waals surface area contributed by atoms with Gasteiger partial charge in [-0.1, -0.05) is 55.7 Å². The Labute approximate surface area is 235 Å². The van der Waals surface area contributed by atoms with Gasteiger partial charge < -0.3 is 14.2 Å². The van der Waals surface area contributed by atoms with Crippen molar-refractivity contribution >= 4 is 32.7 Å². The molecule has 0 bridgehead atoms. The van der Waals surface area contributed by atoms with Crippen molar-refractivity contribution in [2.24, 2.45) is 5.92 Å². The number of aromatic nitrogens is 1. The first-order chi connectivity index (χ1) is 19.4. The molecule has 212 valence electrons. The number of fused-ring (bicyclic) bond motifs is 5. The number of ether oxygens (including phenoxy) is 1. The van der Waals surface area contributed by atoms with Gasteiger partial charge in [0, 0.05) is 52.7 Å². The Balaban J connectivity index is 1.52. The summed E-state index contributed by atoms with van der Waals surface area (Å²) in [4.78, 5) is 28.7. The summed E-state index contributed by atoms with van der Waals surface area (Å²) in [6.07, 6.45) is 16.6. The van der Waals surface area contributed by atoms with Crippen LogP contribution in [0, 0.1) is 5.92 Å². The lowest BCUT2D eigenvalue weighted by molar-refractivity contribution is -0.131. The minimum Gasteiger partial charge on any atom is -0.378 e. The van der Waals surface area contributed by atoms with Gasteiger partial charge >= 0.3 is 0 Å². The Hall–Kier alpha value is -3.17. The zero-order chi connectivity index (χ0) is 27.9. The van der Waals surface area contributed by atoms with Gasteiger partial charge in [0.2, 0.25) is 10.0 Å². The number of sulfonamides is 1. The van der Waals surface area contributed by atoms with E-state index in [1.54, 1.807) is 6.07 Å². The van der Waals surface area contributed by atoms with Crippen LogP contribution in [0.4, 0.5) is 0 Å². The largest absolute Gasteiger partial charge is 0.378 e. The third-order valence-electron chi connectivity index (χ3n) is 8.84. The Morgan fingerprint density at radius 3 is 2.55 bits per heavy atom. The number of nitrogens with one attached hydrogen (secondary N) is 1. The molecular formula is C31H37N3O5S. The van der Waals surface area contributed by atoms with Crippen LogP contribution in [0.5, 0.6) is 0 Å². The summed E-state index contributed by atoms with van der Waals surface area (Å²) in [7, 11) is -3.70. The maximum atomic E-state index is 13.8. The van der Waals surface area contributed by atoms with E-state index in [9.17, 15) is 18.0 Å². The number of amides is 2. The summed E-state index contributed by atoms with van der Waals surface area (Å²) in [6.45, 7) is 4.13. The lowest BCUT2D eigenvalue weighted by Gasteiger charge is -2.28. The maximum Gasteiger partial charge on any atom is 0.264 e. The highest BCUT2D eigenvalue weighted by atomic mass is 32.2. The zero-order valence-corrected chi connectivity index (χ0v) is 23.8. The second kappa shape index (κ2) is 11.0. The molecule has 2 unspecified atom stereocenters. The molecule has 1 aromatic carbocycles. The SMILES string of the molecule is CCS(=O)(=O)NC(=O)c1ccc2c(C3CCCCC3)c3n(c2c1)CC(C(=O)N1CCOCC1)=CC1C=CC=CC31. The fraction of sp³-hybridized carbons (Fsp3) is 0.484. The lowest BCUT2D eigenvalue weighted by atomic mass is 9.77. The second-order valence-corrected chi connectivity index (χ2v) is 13.3. The van der Waals surface area contributed by atoms with Crippen molar-refractivity contribution < 1.29 is 22.7 Å². The average molecular weight is 564 g/mol. The van der Waals surface area contributed by atoms with E-state index < -0.39 is 15.9 Å². The molecule has 2 aromatic rings. The van der Waals surface area contributed by atoms with E-state index in [1.807, 2.05) is 17.0 Å². The topological polar surface area (TPSA) is 97.7 Å². The molecular weight excluding hydrogens is 526 g/mol. The molecule has 2 amide bonds. The van der Waals surface area contributed by atoms with E-state index in [2.05, 4.69) is 39.7 Å². The van der Waals surface area contributed by atoms with Gasteiger partial charge in [0.05, 0.1) is 25.5 Å². The molecule has 1 saturated carbocycles. The van der Waals surface area contributed by atoms with Gasteiger partial charge in [-0.2, -0.15) is 0 Å². The fourth-order valence-electron chi connectivity index (χ4n) is 6.78. The van der Waals surface area contributed by atoms with Gasteiger partial charge in [-0.15, -0.1) is 0 Å². The van der Waals surface area contributed by atoms with E-state index in [1.165, 1.54) is 37.4 Å². The molecule has 0 radical (unpaired) electrons. The number of rotatable bonds is 5. The number of carbonyl (C=O) groups excluding carboxylic acids is 2. The Morgan fingerprint density at radius 2 is 1.80 bits per heavy atom. The van der Waals surface area contributed by atoms with E-state index >= 15 is 0 Å². The first-order valence-corrected chi connectivity index (χ1v) is 16.1. The van der Waals surface area contributed by atoms with Crippen molar-refractivity contribution in [3.05, 3.63) is 71.0 Å². The fourth-order valence-corrected chi connectivity index (χ4v) is 7.33. The third-order valence-corrected chi connectivity index (χ3v) is 10.1. The minimum absolute atomic E-state index is 0.0295. The zero-order valence-electron chi connectivity index (χ0n) is 23.0. The van der Waals surface area contributed by atoms with Crippen molar-refractivity contribution in [1.29, 1.82) is 0 Å². The molecule has 6 rings (SSSR count). The summed E-state index contributed by atoms with van der Waals surface area (Å²) in [5, 5.41) is 1.10. The second-order valence-electron chi connectivity index (χ2n) is 11.3. The van der Waals surface area contributed by atoms with Crippen LogP contribution in [0.3, 0.4) is 0 Å². The number of morpholine rings is 1. The summed E-state index contributed by atoms with van der Waals surface area (Å²) in [5.74, 6) is -0.248. The van der Waals surface area contributed by atoms with Crippen LogP contribution in [-0.4, -0.2) is 61.8 Å². The van der Waals surface area contributed by atoms with Gasteiger partial charge in [0.15, 0.2) is 0 Å².